The Morgan fingerprint density at radius 1 is 0.789 bits per heavy atom. The zero-order valence-electron chi connectivity index (χ0n) is 11.4. The van der Waals surface area contributed by atoms with Crippen molar-refractivity contribution in [3.05, 3.63) is 65.7 Å². The minimum atomic E-state index is 0. The SMILES string of the molecule is CN(C)c1ccc(CNCc2ccccc2)cc1.[Cl-]. The van der Waals surface area contributed by atoms with Crippen LogP contribution in [0.1, 0.15) is 11.1 Å². The smallest absolute Gasteiger partial charge is 0.0361 e. The summed E-state index contributed by atoms with van der Waals surface area (Å²) >= 11 is 0. The van der Waals surface area contributed by atoms with Crippen LogP contribution in [0, 0.1) is 0 Å². The van der Waals surface area contributed by atoms with Crippen molar-refractivity contribution < 1.29 is 12.4 Å². The number of halogens is 1. The topological polar surface area (TPSA) is 15.3 Å². The van der Waals surface area contributed by atoms with E-state index in [0.29, 0.717) is 0 Å². The third-order valence-corrected chi connectivity index (χ3v) is 2.95. The molecule has 0 bridgehead atoms. The molecule has 2 rings (SSSR count). The number of hydrogen-bond donors (Lipinski definition) is 1. The highest BCUT2D eigenvalue weighted by molar-refractivity contribution is 5.45. The Morgan fingerprint density at radius 2 is 1.32 bits per heavy atom. The van der Waals surface area contributed by atoms with Crippen LogP contribution in [0.5, 0.6) is 0 Å². The van der Waals surface area contributed by atoms with Gasteiger partial charge in [0.1, 0.15) is 0 Å². The fourth-order valence-corrected chi connectivity index (χ4v) is 1.86. The average Bonchev–Trinajstić information content (AvgIpc) is 2.40. The van der Waals surface area contributed by atoms with Gasteiger partial charge < -0.3 is 22.6 Å². The number of anilines is 1. The molecule has 2 nitrogen and oxygen atoms in total. The Hall–Kier alpha value is -1.51. The maximum Gasteiger partial charge on any atom is 0.0361 e. The van der Waals surface area contributed by atoms with Gasteiger partial charge in [-0.15, -0.1) is 0 Å². The molecule has 0 unspecified atom stereocenters. The Kier molecular flexibility index (Phi) is 6.40. The zero-order valence-corrected chi connectivity index (χ0v) is 12.2. The summed E-state index contributed by atoms with van der Waals surface area (Å²) < 4.78 is 0. The molecule has 0 saturated heterocycles. The van der Waals surface area contributed by atoms with E-state index in [-0.39, 0.29) is 12.4 Å². The van der Waals surface area contributed by atoms with E-state index in [2.05, 4.69) is 72.8 Å². The van der Waals surface area contributed by atoms with Crippen molar-refractivity contribution in [2.24, 2.45) is 0 Å². The molecular weight excluding hydrogens is 256 g/mol. The molecule has 0 heterocycles. The number of hydrogen-bond acceptors (Lipinski definition) is 2. The lowest BCUT2D eigenvalue weighted by molar-refractivity contribution is -0.00000375. The lowest BCUT2D eigenvalue weighted by Crippen LogP contribution is -3.00. The van der Waals surface area contributed by atoms with Gasteiger partial charge in [-0.25, -0.2) is 0 Å². The monoisotopic (exact) mass is 275 g/mol. The Morgan fingerprint density at radius 3 is 1.84 bits per heavy atom. The number of rotatable bonds is 5. The van der Waals surface area contributed by atoms with E-state index in [1.807, 2.05) is 6.07 Å². The summed E-state index contributed by atoms with van der Waals surface area (Å²) in [6, 6.07) is 19.1. The molecule has 0 radical (unpaired) electrons. The lowest BCUT2D eigenvalue weighted by Gasteiger charge is -2.13. The second kappa shape index (κ2) is 7.82. The Bertz CT molecular complexity index is 466. The zero-order chi connectivity index (χ0) is 12.8. The largest absolute Gasteiger partial charge is 1.00 e. The molecular formula is C16H20ClN2-. The average molecular weight is 276 g/mol. The third kappa shape index (κ3) is 4.93. The number of nitrogens with one attached hydrogen (secondary N) is 1. The van der Waals surface area contributed by atoms with Crippen molar-refractivity contribution in [1.29, 1.82) is 0 Å². The van der Waals surface area contributed by atoms with Gasteiger partial charge >= 0.3 is 0 Å². The summed E-state index contributed by atoms with van der Waals surface area (Å²) in [7, 11) is 4.12. The molecule has 0 aliphatic heterocycles. The quantitative estimate of drug-likeness (QED) is 0.829. The van der Waals surface area contributed by atoms with Crippen LogP contribution < -0.4 is 22.6 Å². The van der Waals surface area contributed by atoms with E-state index in [1.165, 1.54) is 16.8 Å². The molecule has 0 aromatic heterocycles. The summed E-state index contributed by atoms with van der Waals surface area (Å²) in [6.07, 6.45) is 0. The second-order valence-corrected chi connectivity index (χ2v) is 4.65. The standard InChI is InChI=1S/C16H20N2.ClH/c1-18(2)16-10-8-15(9-11-16)13-17-12-14-6-4-3-5-7-14;/h3-11,17H,12-13H2,1-2H3;1H/p-1. The normalized spacial score (nSPS) is 9.79. The summed E-state index contributed by atoms with van der Waals surface area (Å²) in [5, 5.41) is 3.45. The Balaban J connectivity index is 0.00000180. The fraction of sp³-hybridized carbons (Fsp3) is 0.250. The minimum Gasteiger partial charge on any atom is -1.00 e. The van der Waals surface area contributed by atoms with Crippen molar-refractivity contribution in [3.63, 3.8) is 0 Å². The highest BCUT2D eigenvalue weighted by Crippen LogP contribution is 2.12. The Labute approximate surface area is 121 Å². The summed E-state index contributed by atoms with van der Waals surface area (Å²) in [6.45, 7) is 1.82. The second-order valence-electron chi connectivity index (χ2n) is 4.65. The first-order valence-electron chi connectivity index (χ1n) is 6.26. The maximum atomic E-state index is 3.45. The van der Waals surface area contributed by atoms with Crippen LogP contribution >= 0.6 is 0 Å². The predicted octanol–water partition coefficient (Wildman–Crippen LogP) is 0.0464. The molecule has 0 aliphatic rings. The van der Waals surface area contributed by atoms with E-state index >= 15 is 0 Å². The molecule has 0 fully saturated rings. The molecule has 3 heteroatoms. The molecule has 0 atom stereocenters. The van der Waals surface area contributed by atoms with Crippen LogP contribution in [0.4, 0.5) is 5.69 Å². The first-order chi connectivity index (χ1) is 8.75. The van der Waals surface area contributed by atoms with Crippen molar-refractivity contribution in [3.8, 4) is 0 Å². The van der Waals surface area contributed by atoms with Gasteiger partial charge in [0.15, 0.2) is 0 Å². The fourth-order valence-electron chi connectivity index (χ4n) is 1.86. The van der Waals surface area contributed by atoms with E-state index in [0.717, 1.165) is 13.1 Å². The van der Waals surface area contributed by atoms with Crippen molar-refractivity contribution >= 4 is 5.69 Å². The molecule has 0 aliphatic carbocycles. The summed E-state index contributed by atoms with van der Waals surface area (Å²) in [5.74, 6) is 0. The van der Waals surface area contributed by atoms with Crippen LogP contribution in [-0.4, -0.2) is 14.1 Å². The first-order valence-corrected chi connectivity index (χ1v) is 6.26. The molecule has 2 aromatic rings. The van der Waals surface area contributed by atoms with Gasteiger partial charge in [0.05, 0.1) is 0 Å². The van der Waals surface area contributed by atoms with Gasteiger partial charge in [-0.05, 0) is 23.3 Å². The van der Waals surface area contributed by atoms with Gasteiger partial charge in [-0.2, -0.15) is 0 Å². The predicted molar refractivity (Wildman–Crippen MR) is 77.8 cm³/mol. The van der Waals surface area contributed by atoms with Crippen LogP contribution in [0.25, 0.3) is 0 Å². The molecule has 0 saturated carbocycles. The van der Waals surface area contributed by atoms with E-state index in [9.17, 15) is 0 Å². The van der Waals surface area contributed by atoms with Crippen molar-refractivity contribution in [1.82, 2.24) is 5.32 Å². The molecule has 0 amide bonds. The maximum absolute atomic E-state index is 3.45. The molecule has 1 N–H and O–H groups in total. The van der Waals surface area contributed by atoms with Crippen LogP contribution in [0.15, 0.2) is 54.6 Å². The first kappa shape index (κ1) is 15.5. The van der Waals surface area contributed by atoms with Crippen LogP contribution in [0.2, 0.25) is 0 Å². The van der Waals surface area contributed by atoms with E-state index in [1.54, 1.807) is 0 Å². The molecule has 0 spiro atoms. The van der Waals surface area contributed by atoms with Crippen LogP contribution in [0.3, 0.4) is 0 Å². The summed E-state index contributed by atoms with van der Waals surface area (Å²) in [4.78, 5) is 2.11. The van der Waals surface area contributed by atoms with Gasteiger partial charge in [0, 0.05) is 32.9 Å². The number of nitrogens with zero attached hydrogens (tertiary/aromatic N) is 1. The van der Waals surface area contributed by atoms with E-state index in [4.69, 9.17) is 0 Å². The van der Waals surface area contributed by atoms with Crippen molar-refractivity contribution in [2.45, 2.75) is 13.1 Å². The van der Waals surface area contributed by atoms with Gasteiger partial charge in [-0.3, -0.25) is 0 Å². The lowest BCUT2D eigenvalue weighted by atomic mass is 10.2. The molecule has 2 aromatic carbocycles. The van der Waals surface area contributed by atoms with Crippen molar-refractivity contribution in [2.75, 3.05) is 19.0 Å². The van der Waals surface area contributed by atoms with Crippen LogP contribution in [-0.2, 0) is 13.1 Å². The summed E-state index contributed by atoms with van der Waals surface area (Å²) in [5.41, 5.74) is 3.88. The molecule has 19 heavy (non-hydrogen) atoms. The number of benzene rings is 2. The highest BCUT2D eigenvalue weighted by Gasteiger charge is 1.96. The van der Waals surface area contributed by atoms with Gasteiger partial charge in [0.2, 0.25) is 0 Å². The van der Waals surface area contributed by atoms with Gasteiger partial charge in [-0.1, -0.05) is 42.5 Å². The minimum absolute atomic E-state index is 0. The third-order valence-electron chi connectivity index (χ3n) is 2.95. The highest BCUT2D eigenvalue weighted by atomic mass is 35.5. The van der Waals surface area contributed by atoms with Gasteiger partial charge in [0.25, 0.3) is 0 Å². The molecule has 102 valence electrons. The van der Waals surface area contributed by atoms with E-state index < -0.39 is 0 Å².